The zero-order valence-corrected chi connectivity index (χ0v) is 11.4. The lowest BCUT2D eigenvalue weighted by Gasteiger charge is -2.08. The van der Waals surface area contributed by atoms with Gasteiger partial charge in [-0.1, -0.05) is 11.2 Å². The van der Waals surface area contributed by atoms with Crippen LogP contribution in [0.4, 0.5) is 5.82 Å². The molecule has 102 valence electrons. The van der Waals surface area contributed by atoms with Crippen molar-refractivity contribution in [1.29, 1.82) is 0 Å². The van der Waals surface area contributed by atoms with Crippen LogP contribution in [0.3, 0.4) is 0 Å². The fourth-order valence-corrected chi connectivity index (χ4v) is 2.09. The number of fused-ring (bicyclic) bond motifs is 1. The van der Waals surface area contributed by atoms with E-state index >= 15 is 0 Å². The number of aryl methyl sites for hydroxylation is 1. The fraction of sp³-hybridized carbons (Fsp3) is 0.200. The maximum Gasteiger partial charge on any atom is 0.156 e. The Balaban J connectivity index is 1.90. The summed E-state index contributed by atoms with van der Waals surface area (Å²) in [6.45, 7) is 2.44. The number of hydrogen-bond donors (Lipinski definition) is 1. The molecule has 0 saturated carbocycles. The minimum Gasteiger partial charge on any atom is -0.497 e. The Kier molecular flexibility index (Phi) is 3.25. The van der Waals surface area contributed by atoms with E-state index in [9.17, 15) is 0 Å². The third-order valence-electron chi connectivity index (χ3n) is 3.08. The first-order valence-electron chi connectivity index (χ1n) is 6.35. The monoisotopic (exact) mass is 269 g/mol. The van der Waals surface area contributed by atoms with Crippen LogP contribution in [0.2, 0.25) is 0 Å². The molecule has 0 aliphatic heterocycles. The Morgan fingerprint density at radius 3 is 2.90 bits per heavy atom. The van der Waals surface area contributed by atoms with E-state index in [4.69, 9.17) is 9.26 Å². The van der Waals surface area contributed by atoms with Gasteiger partial charge in [-0.25, -0.2) is 4.98 Å². The van der Waals surface area contributed by atoms with Crippen LogP contribution in [0.1, 0.15) is 11.5 Å². The highest BCUT2D eigenvalue weighted by Gasteiger charge is 2.06. The van der Waals surface area contributed by atoms with Crippen molar-refractivity contribution >= 4 is 16.6 Å². The first-order valence-corrected chi connectivity index (χ1v) is 6.35. The zero-order chi connectivity index (χ0) is 13.9. The second-order valence-electron chi connectivity index (χ2n) is 4.53. The van der Waals surface area contributed by atoms with Crippen molar-refractivity contribution in [3.63, 3.8) is 0 Å². The molecule has 1 N–H and O–H groups in total. The molecule has 0 saturated heterocycles. The molecule has 2 heterocycles. The van der Waals surface area contributed by atoms with Crippen molar-refractivity contribution in [3.05, 3.63) is 48.0 Å². The van der Waals surface area contributed by atoms with Crippen LogP contribution in [0.15, 0.2) is 41.1 Å². The molecule has 0 atom stereocenters. The summed E-state index contributed by atoms with van der Waals surface area (Å²) in [6, 6.07) is 9.79. The molecule has 2 aromatic heterocycles. The number of aromatic nitrogens is 2. The van der Waals surface area contributed by atoms with Crippen LogP contribution in [-0.4, -0.2) is 17.3 Å². The van der Waals surface area contributed by atoms with Crippen molar-refractivity contribution < 1.29 is 9.26 Å². The highest BCUT2D eigenvalue weighted by molar-refractivity contribution is 5.92. The number of ether oxygens (including phenoxy) is 1. The molecule has 0 aliphatic rings. The quantitative estimate of drug-likeness (QED) is 0.788. The number of benzene rings is 1. The van der Waals surface area contributed by atoms with Crippen LogP contribution in [0.25, 0.3) is 10.8 Å². The number of anilines is 1. The van der Waals surface area contributed by atoms with Crippen LogP contribution >= 0.6 is 0 Å². The Hall–Kier alpha value is -2.56. The number of nitrogens with zero attached hydrogens (tertiary/aromatic N) is 2. The van der Waals surface area contributed by atoms with Gasteiger partial charge in [0, 0.05) is 17.6 Å². The Bertz CT molecular complexity index is 737. The molecular formula is C15H15N3O2. The summed E-state index contributed by atoms with van der Waals surface area (Å²) in [7, 11) is 1.65. The molecule has 5 heteroatoms. The minimum atomic E-state index is 0.546. The number of methoxy groups -OCH3 is 1. The molecule has 0 amide bonds. The Morgan fingerprint density at radius 1 is 1.25 bits per heavy atom. The summed E-state index contributed by atoms with van der Waals surface area (Å²) in [6.07, 6.45) is 1.78. The molecular weight excluding hydrogens is 254 g/mol. The number of nitrogens with one attached hydrogen (secondary N) is 1. The maximum atomic E-state index is 5.26. The average Bonchev–Trinajstić information content (AvgIpc) is 2.90. The summed E-state index contributed by atoms with van der Waals surface area (Å²) in [5.41, 5.74) is 0.870. The largest absolute Gasteiger partial charge is 0.497 e. The average molecular weight is 269 g/mol. The first kappa shape index (κ1) is 12.5. The summed E-state index contributed by atoms with van der Waals surface area (Å²) in [4.78, 5) is 4.38. The molecule has 0 fully saturated rings. The molecule has 3 rings (SSSR count). The summed E-state index contributed by atoms with van der Waals surface area (Å²) in [5.74, 6) is 2.39. The van der Waals surface area contributed by atoms with Gasteiger partial charge >= 0.3 is 0 Å². The van der Waals surface area contributed by atoms with Crippen molar-refractivity contribution in [2.75, 3.05) is 12.4 Å². The van der Waals surface area contributed by atoms with Gasteiger partial charge in [0.1, 0.15) is 11.6 Å². The van der Waals surface area contributed by atoms with Gasteiger partial charge in [0.25, 0.3) is 0 Å². The standard InChI is InChI=1S/C15H15N3O2/c1-10-7-13(20-18-10)9-17-15-14-8-12(19-2)4-3-11(14)5-6-16-15/h3-8H,9H2,1-2H3,(H,16,17). The molecule has 0 spiro atoms. The summed E-state index contributed by atoms with van der Waals surface area (Å²) in [5, 5.41) is 9.26. The van der Waals surface area contributed by atoms with Gasteiger partial charge < -0.3 is 14.6 Å². The van der Waals surface area contributed by atoms with Crippen molar-refractivity contribution in [2.24, 2.45) is 0 Å². The van der Waals surface area contributed by atoms with Gasteiger partial charge in [-0.2, -0.15) is 0 Å². The normalized spacial score (nSPS) is 10.7. The second-order valence-corrected chi connectivity index (χ2v) is 4.53. The third kappa shape index (κ3) is 2.42. The highest BCUT2D eigenvalue weighted by atomic mass is 16.5. The maximum absolute atomic E-state index is 5.26. The first-order chi connectivity index (χ1) is 9.76. The lowest BCUT2D eigenvalue weighted by molar-refractivity contribution is 0.384. The van der Waals surface area contributed by atoms with Crippen LogP contribution < -0.4 is 10.1 Å². The number of rotatable bonds is 4. The van der Waals surface area contributed by atoms with Crippen molar-refractivity contribution in [3.8, 4) is 5.75 Å². The van der Waals surface area contributed by atoms with Crippen LogP contribution in [0, 0.1) is 6.92 Å². The molecule has 0 aliphatic carbocycles. The SMILES string of the molecule is COc1ccc2ccnc(NCc3cc(C)no3)c2c1. The van der Waals surface area contributed by atoms with Gasteiger partial charge in [-0.05, 0) is 30.5 Å². The Morgan fingerprint density at radius 2 is 2.15 bits per heavy atom. The Labute approximate surface area is 116 Å². The molecule has 0 radical (unpaired) electrons. The highest BCUT2D eigenvalue weighted by Crippen LogP contribution is 2.26. The number of pyridine rings is 1. The van der Waals surface area contributed by atoms with Gasteiger partial charge in [0.15, 0.2) is 5.76 Å². The summed E-state index contributed by atoms with van der Waals surface area (Å²) < 4.78 is 10.4. The minimum absolute atomic E-state index is 0.546. The smallest absolute Gasteiger partial charge is 0.156 e. The zero-order valence-electron chi connectivity index (χ0n) is 11.4. The molecule has 1 aromatic carbocycles. The fourth-order valence-electron chi connectivity index (χ4n) is 2.09. The van der Waals surface area contributed by atoms with Gasteiger partial charge in [0.2, 0.25) is 0 Å². The van der Waals surface area contributed by atoms with Gasteiger partial charge in [0.05, 0.1) is 19.3 Å². The number of hydrogen-bond acceptors (Lipinski definition) is 5. The lowest BCUT2D eigenvalue weighted by Crippen LogP contribution is -2.01. The van der Waals surface area contributed by atoms with Crippen molar-refractivity contribution in [2.45, 2.75) is 13.5 Å². The third-order valence-corrected chi connectivity index (χ3v) is 3.08. The second kappa shape index (κ2) is 5.21. The van der Waals surface area contributed by atoms with Crippen molar-refractivity contribution in [1.82, 2.24) is 10.1 Å². The van der Waals surface area contributed by atoms with E-state index < -0.39 is 0 Å². The molecule has 20 heavy (non-hydrogen) atoms. The topological polar surface area (TPSA) is 60.2 Å². The van der Waals surface area contributed by atoms with E-state index in [0.29, 0.717) is 6.54 Å². The molecule has 5 nitrogen and oxygen atoms in total. The van der Waals surface area contributed by atoms with Crippen LogP contribution in [0.5, 0.6) is 5.75 Å². The predicted octanol–water partition coefficient (Wildman–Crippen LogP) is 3.15. The van der Waals surface area contributed by atoms with Gasteiger partial charge in [-0.15, -0.1) is 0 Å². The van der Waals surface area contributed by atoms with E-state index in [0.717, 1.165) is 33.8 Å². The summed E-state index contributed by atoms with van der Waals surface area (Å²) >= 11 is 0. The van der Waals surface area contributed by atoms with Crippen LogP contribution in [-0.2, 0) is 6.54 Å². The van der Waals surface area contributed by atoms with E-state index in [1.807, 2.05) is 37.3 Å². The lowest BCUT2D eigenvalue weighted by atomic mass is 10.1. The molecule has 0 bridgehead atoms. The molecule has 3 aromatic rings. The van der Waals surface area contributed by atoms with E-state index in [1.54, 1.807) is 13.3 Å². The van der Waals surface area contributed by atoms with E-state index in [-0.39, 0.29) is 0 Å². The molecule has 0 unspecified atom stereocenters. The van der Waals surface area contributed by atoms with E-state index in [1.165, 1.54) is 0 Å². The van der Waals surface area contributed by atoms with Gasteiger partial charge in [-0.3, -0.25) is 0 Å². The predicted molar refractivity (Wildman–Crippen MR) is 76.9 cm³/mol. The van der Waals surface area contributed by atoms with E-state index in [2.05, 4.69) is 15.5 Å².